The van der Waals surface area contributed by atoms with Crippen molar-refractivity contribution < 1.29 is 23.8 Å². The fraction of sp³-hybridized carbons (Fsp3) is 0.474. The topological polar surface area (TPSA) is 80.0 Å². The molecule has 0 radical (unpaired) electrons. The first-order valence-corrected chi connectivity index (χ1v) is 9.01. The van der Waals surface area contributed by atoms with E-state index in [9.17, 15) is 14.7 Å². The van der Waals surface area contributed by atoms with Gasteiger partial charge in [-0.15, -0.1) is 0 Å². The molecule has 0 saturated carbocycles. The van der Waals surface area contributed by atoms with Crippen molar-refractivity contribution in [3.05, 3.63) is 34.5 Å². The normalized spacial score (nSPS) is 12.3. The summed E-state index contributed by atoms with van der Waals surface area (Å²) >= 11 is 6.03. The highest BCUT2D eigenvalue weighted by atomic mass is 35.5. The SMILES string of the molecule is CCOCCCN(CC(C)C(=O)O)C(=O)c1oc2ccc(Cl)cc2c1C. The molecule has 7 heteroatoms. The summed E-state index contributed by atoms with van der Waals surface area (Å²) in [5.41, 5.74) is 1.28. The van der Waals surface area contributed by atoms with E-state index in [1.54, 1.807) is 32.0 Å². The Bertz CT molecular complexity index is 786. The number of aryl methyl sites for hydroxylation is 1. The summed E-state index contributed by atoms with van der Waals surface area (Å²) < 4.78 is 11.1. The van der Waals surface area contributed by atoms with Gasteiger partial charge in [-0.05, 0) is 38.5 Å². The van der Waals surface area contributed by atoms with E-state index in [-0.39, 0.29) is 18.2 Å². The highest BCUT2D eigenvalue weighted by Gasteiger charge is 2.26. The summed E-state index contributed by atoms with van der Waals surface area (Å²) in [5.74, 6) is -1.72. The summed E-state index contributed by atoms with van der Waals surface area (Å²) in [6.45, 7) is 6.90. The number of rotatable bonds is 9. The Labute approximate surface area is 157 Å². The van der Waals surface area contributed by atoms with Gasteiger partial charge >= 0.3 is 5.97 Å². The third-order valence-electron chi connectivity index (χ3n) is 4.22. The number of amides is 1. The summed E-state index contributed by atoms with van der Waals surface area (Å²) in [6.07, 6.45) is 0.622. The van der Waals surface area contributed by atoms with Gasteiger partial charge in [0, 0.05) is 42.3 Å². The molecule has 0 fully saturated rings. The number of nitrogens with zero attached hydrogens (tertiary/aromatic N) is 1. The maximum atomic E-state index is 13.0. The average molecular weight is 382 g/mol. The summed E-state index contributed by atoms with van der Waals surface area (Å²) in [5, 5.41) is 10.5. The molecule has 0 aliphatic rings. The Morgan fingerprint density at radius 2 is 2.12 bits per heavy atom. The first-order valence-electron chi connectivity index (χ1n) is 8.63. The molecule has 26 heavy (non-hydrogen) atoms. The lowest BCUT2D eigenvalue weighted by molar-refractivity contribution is -0.141. The lowest BCUT2D eigenvalue weighted by Gasteiger charge is -2.24. The molecule has 1 heterocycles. The van der Waals surface area contributed by atoms with Gasteiger partial charge in [-0.3, -0.25) is 9.59 Å². The van der Waals surface area contributed by atoms with E-state index in [2.05, 4.69) is 0 Å². The molecule has 0 bridgehead atoms. The van der Waals surface area contributed by atoms with Gasteiger partial charge in [0.15, 0.2) is 5.76 Å². The largest absolute Gasteiger partial charge is 0.481 e. The second kappa shape index (κ2) is 9.05. The molecule has 2 aromatic rings. The molecule has 1 amide bonds. The van der Waals surface area contributed by atoms with Crippen LogP contribution in [0, 0.1) is 12.8 Å². The van der Waals surface area contributed by atoms with Gasteiger partial charge in [0.1, 0.15) is 5.58 Å². The Kier molecular flexibility index (Phi) is 7.06. The molecule has 142 valence electrons. The number of hydrogen-bond donors (Lipinski definition) is 1. The smallest absolute Gasteiger partial charge is 0.308 e. The predicted molar refractivity (Wildman–Crippen MR) is 99.8 cm³/mol. The van der Waals surface area contributed by atoms with E-state index in [0.717, 1.165) is 5.39 Å². The number of carbonyl (C=O) groups is 2. The fourth-order valence-corrected chi connectivity index (χ4v) is 2.90. The van der Waals surface area contributed by atoms with Crippen LogP contribution in [0.4, 0.5) is 0 Å². The van der Waals surface area contributed by atoms with Gasteiger partial charge < -0.3 is 19.2 Å². The predicted octanol–water partition coefficient (Wildman–Crippen LogP) is 3.98. The molecule has 0 aliphatic heterocycles. The zero-order chi connectivity index (χ0) is 19.3. The molecule has 1 aromatic heterocycles. The molecular weight excluding hydrogens is 358 g/mol. The van der Waals surface area contributed by atoms with Crippen molar-refractivity contribution in [1.82, 2.24) is 4.90 Å². The third-order valence-corrected chi connectivity index (χ3v) is 4.45. The molecule has 0 saturated heterocycles. The molecule has 0 spiro atoms. The second-order valence-electron chi connectivity index (χ2n) is 6.24. The second-order valence-corrected chi connectivity index (χ2v) is 6.67. The molecule has 2 rings (SSSR count). The summed E-state index contributed by atoms with van der Waals surface area (Å²) in [4.78, 5) is 25.7. The molecule has 1 aromatic carbocycles. The zero-order valence-electron chi connectivity index (χ0n) is 15.3. The third kappa shape index (κ3) is 4.77. The molecule has 1 N–H and O–H groups in total. The molecule has 0 aliphatic carbocycles. The standard InChI is InChI=1S/C19H24ClNO5/c1-4-25-9-5-8-21(11-12(2)19(23)24)18(22)17-13(3)15-10-14(20)6-7-16(15)26-17/h6-7,10,12H,4-5,8-9,11H2,1-3H3,(H,23,24). The van der Waals surface area contributed by atoms with Gasteiger partial charge in [0.05, 0.1) is 5.92 Å². The van der Waals surface area contributed by atoms with Crippen LogP contribution in [0.5, 0.6) is 0 Å². The van der Waals surface area contributed by atoms with Crippen LogP contribution < -0.4 is 0 Å². The van der Waals surface area contributed by atoms with Crippen LogP contribution >= 0.6 is 11.6 Å². The van der Waals surface area contributed by atoms with Crippen LogP contribution in [0.2, 0.25) is 5.02 Å². The van der Waals surface area contributed by atoms with Crippen LogP contribution in [0.25, 0.3) is 11.0 Å². The Morgan fingerprint density at radius 3 is 2.77 bits per heavy atom. The van der Waals surface area contributed by atoms with E-state index in [1.807, 2.05) is 6.92 Å². The van der Waals surface area contributed by atoms with Crippen LogP contribution in [0.1, 0.15) is 36.4 Å². The number of aliphatic carboxylic acids is 1. The number of carbonyl (C=O) groups excluding carboxylic acids is 1. The first-order chi connectivity index (χ1) is 12.3. The number of hydrogen-bond acceptors (Lipinski definition) is 4. The van der Waals surface area contributed by atoms with Crippen molar-refractivity contribution in [3.8, 4) is 0 Å². The van der Waals surface area contributed by atoms with Crippen molar-refractivity contribution >= 4 is 34.4 Å². The minimum Gasteiger partial charge on any atom is -0.481 e. The van der Waals surface area contributed by atoms with E-state index >= 15 is 0 Å². The van der Waals surface area contributed by atoms with Crippen molar-refractivity contribution in [3.63, 3.8) is 0 Å². The Hall–Kier alpha value is -2.05. The monoisotopic (exact) mass is 381 g/mol. The van der Waals surface area contributed by atoms with E-state index < -0.39 is 11.9 Å². The van der Waals surface area contributed by atoms with Gasteiger partial charge in [-0.25, -0.2) is 0 Å². The van der Waals surface area contributed by atoms with Crippen molar-refractivity contribution in [2.24, 2.45) is 5.92 Å². The highest BCUT2D eigenvalue weighted by Crippen LogP contribution is 2.29. The minimum absolute atomic E-state index is 0.109. The maximum Gasteiger partial charge on any atom is 0.308 e. The summed E-state index contributed by atoms with van der Waals surface area (Å²) in [7, 11) is 0. The number of fused-ring (bicyclic) bond motifs is 1. The maximum absolute atomic E-state index is 13.0. The van der Waals surface area contributed by atoms with Crippen LogP contribution in [-0.4, -0.2) is 48.2 Å². The fourth-order valence-electron chi connectivity index (χ4n) is 2.73. The van der Waals surface area contributed by atoms with E-state index in [4.69, 9.17) is 20.8 Å². The number of carboxylic acid groups (broad SMARTS) is 1. The number of ether oxygens (including phenoxy) is 1. The van der Waals surface area contributed by atoms with Crippen molar-refractivity contribution in [1.29, 1.82) is 0 Å². The number of halogens is 1. The van der Waals surface area contributed by atoms with E-state index in [0.29, 0.717) is 42.3 Å². The number of furan rings is 1. The molecule has 1 unspecified atom stereocenters. The summed E-state index contributed by atoms with van der Waals surface area (Å²) in [6, 6.07) is 5.18. The van der Waals surface area contributed by atoms with Gasteiger partial charge in [0.25, 0.3) is 5.91 Å². The van der Waals surface area contributed by atoms with Crippen molar-refractivity contribution in [2.75, 3.05) is 26.3 Å². The number of benzene rings is 1. The molecule has 6 nitrogen and oxygen atoms in total. The van der Waals surface area contributed by atoms with E-state index in [1.165, 1.54) is 4.90 Å². The number of carboxylic acids is 1. The lowest BCUT2D eigenvalue weighted by atomic mass is 10.1. The molecule has 1 atom stereocenters. The van der Waals surface area contributed by atoms with Gasteiger partial charge in [-0.1, -0.05) is 18.5 Å². The molecular formula is C19H24ClNO5. The van der Waals surface area contributed by atoms with Crippen LogP contribution in [-0.2, 0) is 9.53 Å². The van der Waals surface area contributed by atoms with Gasteiger partial charge in [-0.2, -0.15) is 0 Å². The Balaban J connectivity index is 2.26. The van der Waals surface area contributed by atoms with Gasteiger partial charge in [0.2, 0.25) is 0 Å². The first kappa shape index (κ1) is 20.3. The van der Waals surface area contributed by atoms with Crippen LogP contribution in [0.15, 0.2) is 22.6 Å². The quantitative estimate of drug-likeness (QED) is 0.664. The lowest BCUT2D eigenvalue weighted by Crippen LogP contribution is -2.38. The minimum atomic E-state index is -0.944. The van der Waals surface area contributed by atoms with Crippen LogP contribution in [0.3, 0.4) is 0 Å². The van der Waals surface area contributed by atoms with Crippen molar-refractivity contribution in [2.45, 2.75) is 27.2 Å². The Morgan fingerprint density at radius 1 is 1.38 bits per heavy atom. The average Bonchev–Trinajstić information content (AvgIpc) is 2.93. The highest BCUT2D eigenvalue weighted by molar-refractivity contribution is 6.31. The zero-order valence-corrected chi connectivity index (χ0v) is 16.0.